The number of hydrogen-bond acceptors (Lipinski definition) is 5. The van der Waals surface area contributed by atoms with Crippen LogP contribution in [0.1, 0.15) is 52.4 Å². The van der Waals surface area contributed by atoms with Crippen LogP contribution in [0, 0.1) is 5.92 Å². The Kier molecular flexibility index (Phi) is 7.12. The zero-order chi connectivity index (χ0) is 20.8. The fourth-order valence-corrected chi connectivity index (χ4v) is 3.88. The molecule has 1 aromatic rings. The number of nitrogens with one attached hydrogen (secondary N) is 1. The lowest BCUT2D eigenvalue weighted by Gasteiger charge is -2.32. The summed E-state index contributed by atoms with van der Waals surface area (Å²) in [6.45, 7) is 4.07. The van der Waals surface area contributed by atoms with E-state index >= 15 is 0 Å². The summed E-state index contributed by atoms with van der Waals surface area (Å²) in [5.74, 6) is 0.156. The highest BCUT2D eigenvalue weighted by atomic mass is 16.5. The van der Waals surface area contributed by atoms with Crippen molar-refractivity contribution in [2.75, 3.05) is 18.0 Å². The summed E-state index contributed by atoms with van der Waals surface area (Å²) in [5, 5.41) is 2.89. The molecule has 3 rings (SSSR count). The zero-order valence-corrected chi connectivity index (χ0v) is 17.2. The van der Waals surface area contributed by atoms with Gasteiger partial charge >= 0.3 is 5.97 Å². The molecule has 7 nitrogen and oxygen atoms in total. The van der Waals surface area contributed by atoms with Crippen molar-refractivity contribution < 1.29 is 23.9 Å². The Morgan fingerprint density at radius 3 is 2.72 bits per heavy atom. The Morgan fingerprint density at radius 2 is 1.97 bits per heavy atom. The molecule has 1 fully saturated rings. The third-order valence-electron chi connectivity index (χ3n) is 5.58. The highest BCUT2D eigenvalue weighted by molar-refractivity contribution is 6.00. The first kappa shape index (κ1) is 21.1. The first-order chi connectivity index (χ1) is 14.0. The van der Waals surface area contributed by atoms with Gasteiger partial charge in [0, 0.05) is 13.1 Å². The number of amides is 2. The number of carbonyl (C=O) groups is 3. The van der Waals surface area contributed by atoms with Gasteiger partial charge in [0.05, 0.1) is 12.1 Å². The van der Waals surface area contributed by atoms with Crippen LogP contribution in [0.2, 0.25) is 0 Å². The number of ether oxygens (including phenoxy) is 2. The van der Waals surface area contributed by atoms with Crippen molar-refractivity contribution in [2.24, 2.45) is 5.92 Å². The second-order valence-corrected chi connectivity index (χ2v) is 7.85. The van der Waals surface area contributed by atoms with Crippen LogP contribution in [0.3, 0.4) is 0 Å². The molecule has 1 N–H and O–H groups in total. The molecule has 2 atom stereocenters. The summed E-state index contributed by atoms with van der Waals surface area (Å²) in [6, 6.07) is 7.23. The topological polar surface area (TPSA) is 84.9 Å². The molecule has 0 saturated heterocycles. The van der Waals surface area contributed by atoms with Gasteiger partial charge in [-0.15, -0.1) is 0 Å². The van der Waals surface area contributed by atoms with E-state index in [1.54, 1.807) is 30.9 Å². The molecule has 1 saturated carbocycles. The summed E-state index contributed by atoms with van der Waals surface area (Å²) >= 11 is 0. The second kappa shape index (κ2) is 9.76. The summed E-state index contributed by atoms with van der Waals surface area (Å²) in [5.41, 5.74) is 0.640. The van der Waals surface area contributed by atoms with Gasteiger partial charge < -0.3 is 19.7 Å². The molecule has 29 heavy (non-hydrogen) atoms. The summed E-state index contributed by atoms with van der Waals surface area (Å²) < 4.78 is 10.9. The van der Waals surface area contributed by atoms with Crippen molar-refractivity contribution >= 4 is 23.5 Å². The van der Waals surface area contributed by atoms with E-state index < -0.39 is 18.2 Å². The predicted molar refractivity (Wildman–Crippen MR) is 109 cm³/mol. The van der Waals surface area contributed by atoms with Gasteiger partial charge in [-0.3, -0.25) is 14.4 Å². The Hall–Kier alpha value is -2.57. The third kappa shape index (κ3) is 5.49. The number of hydrogen-bond donors (Lipinski definition) is 1. The van der Waals surface area contributed by atoms with E-state index in [-0.39, 0.29) is 24.8 Å². The van der Waals surface area contributed by atoms with Crippen LogP contribution in [0.4, 0.5) is 5.69 Å². The third-order valence-corrected chi connectivity index (χ3v) is 5.58. The van der Waals surface area contributed by atoms with Gasteiger partial charge in [-0.05, 0) is 44.7 Å². The van der Waals surface area contributed by atoms with E-state index in [1.807, 2.05) is 12.1 Å². The standard InChI is InChI=1S/C22H30N2O5/c1-15(21(26)23-14-17-8-4-3-5-9-17)29-20(25)12-13-24-18-10-6-7-11-19(18)28-16(2)22(24)27/h6-7,10-11,15-17H,3-5,8-9,12-14H2,1-2H3,(H,23,26). The van der Waals surface area contributed by atoms with E-state index in [4.69, 9.17) is 9.47 Å². The molecule has 2 amide bonds. The monoisotopic (exact) mass is 402 g/mol. The van der Waals surface area contributed by atoms with Gasteiger partial charge in [0.1, 0.15) is 5.75 Å². The van der Waals surface area contributed by atoms with E-state index in [1.165, 1.54) is 19.3 Å². The Balaban J connectivity index is 1.46. The lowest BCUT2D eigenvalue weighted by Crippen LogP contribution is -2.45. The van der Waals surface area contributed by atoms with E-state index in [9.17, 15) is 14.4 Å². The number of anilines is 1. The first-order valence-corrected chi connectivity index (χ1v) is 10.5. The maximum absolute atomic E-state index is 12.5. The lowest BCUT2D eigenvalue weighted by molar-refractivity contribution is -0.154. The molecule has 1 aromatic carbocycles. The highest BCUT2D eigenvalue weighted by Gasteiger charge is 2.31. The van der Waals surface area contributed by atoms with Crippen molar-refractivity contribution in [3.05, 3.63) is 24.3 Å². The van der Waals surface area contributed by atoms with Crippen LogP contribution >= 0.6 is 0 Å². The van der Waals surface area contributed by atoms with Crippen LogP contribution in [0.5, 0.6) is 5.75 Å². The molecule has 158 valence electrons. The molecule has 0 spiro atoms. The normalized spacial score (nSPS) is 20.4. The zero-order valence-electron chi connectivity index (χ0n) is 17.2. The molecule has 7 heteroatoms. The Bertz CT molecular complexity index is 744. The summed E-state index contributed by atoms with van der Waals surface area (Å²) in [6.07, 6.45) is 4.54. The molecular formula is C22H30N2O5. The van der Waals surface area contributed by atoms with Gasteiger partial charge in [-0.2, -0.15) is 0 Å². The van der Waals surface area contributed by atoms with Gasteiger partial charge in [0.25, 0.3) is 11.8 Å². The molecule has 0 radical (unpaired) electrons. The molecule has 0 bridgehead atoms. The molecular weight excluding hydrogens is 372 g/mol. The summed E-state index contributed by atoms with van der Waals surface area (Å²) in [4.78, 5) is 38.4. The molecule has 1 aliphatic heterocycles. The minimum absolute atomic E-state index is 0.00698. The maximum Gasteiger partial charge on any atom is 0.308 e. The molecule has 2 unspecified atom stereocenters. The maximum atomic E-state index is 12.5. The first-order valence-electron chi connectivity index (χ1n) is 10.5. The van der Waals surface area contributed by atoms with E-state index in [2.05, 4.69) is 5.32 Å². The molecule has 0 aromatic heterocycles. The smallest absolute Gasteiger partial charge is 0.308 e. The van der Waals surface area contributed by atoms with Gasteiger partial charge in [-0.25, -0.2) is 0 Å². The lowest BCUT2D eigenvalue weighted by atomic mass is 9.89. The SMILES string of the molecule is CC(OC(=O)CCN1C(=O)C(C)Oc2ccccc21)C(=O)NCC1CCCCC1. The average molecular weight is 402 g/mol. The second-order valence-electron chi connectivity index (χ2n) is 7.85. The molecule has 1 heterocycles. The largest absolute Gasteiger partial charge is 0.479 e. The minimum Gasteiger partial charge on any atom is -0.479 e. The predicted octanol–water partition coefficient (Wildman–Crippen LogP) is 2.82. The van der Waals surface area contributed by atoms with Crippen LogP contribution in [-0.4, -0.2) is 43.1 Å². The number of carbonyl (C=O) groups excluding carboxylic acids is 3. The van der Waals surface area contributed by atoms with Crippen LogP contribution < -0.4 is 15.0 Å². The number of fused-ring (bicyclic) bond motifs is 1. The number of esters is 1. The molecule has 1 aliphatic carbocycles. The quantitative estimate of drug-likeness (QED) is 0.709. The Labute approximate surface area is 171 Å². The van der Waals surface area contributed by atoms with Crippen LogP contribution in [0.25, 0.3) is 0 Å². The average Bonchev–Trinajstić information content (AvgIpc) is 2.73. The van der Waals surface area contributed by atoms with Gasteiger partial charge in [-0.1, -0.05) is 31.4 Å². The van der Waals surface area contributed by atoms with Crippen molar-refractivity contribution in [1.82, 2.24) is 5.32 Å². The van der Waals surface area contributed by atoms with Crippen LogP contribution in [0.15, 0.2) is 24.3 Å². The van der Waals surface area contributed by atoms with Crippen LogP contribution in [-0.2, 0) is 19.1 Å². The number of para-hydroxylation sites is 2. The molecule has 2 aliphatic rings. The van der Waals surface area contributed by atoms with Gasteiger partial charge in [0.2, 0.25) is 0 Å². The Morgan fingerprint density at radius 1 is 1.24 bits per heavy atom. The highest BCUT2D eigenvalue weighted by Crippen LogP contribution is 2.33. The number of rotatable bonds is 7. The fraction of sp³-hybridized carbons (Fsp3) is 0.591. The number of nitrogens with zero attached hydrogens (tertiary/aromatic N) is 1. The van der Waals surface area contributed by atoms with E-state index in [0.29, 0.717) is 23.9 Å². The minimum atomic E-state index is -0.849. The number of benzene rings is 1. The van der Waals surface area contributed by atoms with Crippen molar-refractivity contribution in [2.45, 2.75) is 64.6 Å². The van der Waals surface area contributed by atoms with Crippen molar-refractivity contribution in [3.63, 3.8) is 0 Å². The van der Waals surface area contributed by atoms with Crippen molar-refractivity contribution in [3.8, 4) is 5.75 Å². The van der Waals surface area contributed by atoms with Gasteiger partial charge in [0.15, 0.2) is 12.2 Å². The van der Waals surface area contributed by atoms with Crippen molar-refractivity contribution in [1.29, 1.82) is 0 Å². The van der Waals surface area contributed by atoms with E-state index in [0.717, 1.165) is 12.8 Å². The fourth-order valence-electron chi connectivity index (χ4n) is 3.88. The summed E-state index contributed by atoms with van der Waals surface area (Å²) in [7, 11) is 0.